The Bertz CT molecular complexity index is 278. The summed E-state index contributed by atoms with van der Waals surface area (Å²) in [6.45, 7) is 2.84. The number of piperidine rings is 1. The molecule has 0 atom stereocenters. The smallest absolute Gasteiger partial charge is 0.303 e. The van der Waals surface area contributed by atoms with E-state index in [9.17, 15) is 9.59 Å². The van der Waals surface area contributed by atoms with E-state index in [2.05, 4.69) is 15.5 Å². The van der Waals surface area contributed by atoms with E-state index in [1.54, 1.807) is 0 Å². The maximum Gasteiger partial charge on any atom is 0.303 e. The predicted molar refractivity (Wildman–Crippen MR) is 68.4 cm³/mol. The Labute approximate surface area is 108 Å². The van der Waals surface area contributed by atoms with Gasteiger partial charge in [0.05, 0.1) is 6.54 Å². The van der Waals surface area contributed by atoms with Gasteiger partial charge in [-0.2, -0.15) is 0 Å². The van der Waals surface area contributed by atoms with E-state index in [-0.39, 0.29) is 12.3 Å². The summed E-state index contributed by atoms with van der Waals surface area (Å²) >= 11 is 0. The van der Waals surface area contributed by atoms with E-state index in [4.69, 9.17) is 5.11 Å². The molecule has 0 aromatic rings. The minimum absolute atomic E-state index is 0.0265. The van der Waals surface area contributed by atoms with E-state index in [1.165, 1.54) is 0 Å². The summed E-state index contributed by atoms with van der Waals surface area (Å²) in [4.78, 5) is 24.0. The molecular formula is C12H23N3O3. The summed E-state index contributed by atoms with van der Waals surface area (Å²) < 4.78 is 0. The van der Waals surface area contributed by atoms with E-state index >= 15 is 0 Å². The number of hydrogen-bond donors (Lipinski definition) is 3. The van der Waals surface area contributed by atoms with Crippen LogP contribution in [-0.4, -0.2) is 61.2 Å². The normalized spacial score (nSPS) is 16.8. The highest BCUT2D eigenvalue weighted by molar-refractivity contribution is 5.78. The van der Waals surface area contributed by atoms with E-state index in [1.807, 2.05) is 7.05 Å². The number of carbonyl (C=O) groups is 2. The van der Waals surface area contributed by atoms with E-state index in [0.29, 0.717) is 25.6 Å². The highest BCUT2D eigenvalue weighted by Crippen LogP contribution is 2.08. The van der Waals surface area contributed by atoms with Gasteiger partial charge in [0.2, 0.25) is 5.91 Å². The molecule has 0 saturated carbocycles. The number of nitrogens with zero attached hydrogens (tertiary/aromatic N) is 1. The lowest BCUT2D eigenvalue weighted by atomic mass is 10.1. The Hall–Kier alpha value is -1.14. The van der Waals surface area contributed by atoms with Crippen molar-refractivity contribution in [3.05, 3.63) is 0 Å². The van der Waals surface area contributed by atoms with Crippen LogP contribution < -0.4 is 10.6 Å². The molecule has 1 fully saturated rings. The second-order valence-electron chi connectivity index (χ2n) is 4.74. The number of carboxylic acid groups (broad SMARTS) is 1. The standard InChI is InChI=1S/C12H23N3O3/c1-15(10-4-7-13-8-5-10)9-11(16)14-6-2-3-12(17)18/h10,13H,2-9H2,1H3,(H,14,16)(H,17,18). The number of carboxylic acids is 1. The fraction of sp³-hybridized carbons (Fsp3) is 0.833. The largest absolute Gasteiger partial charge is 0.481 e. The van der Waals surface area contributed by atoms with Crippen molar-refractivity contribution in [2.24, 2.45) is 0 Å². The third kappa shape index (κ3) is 5.97. The fourth-order valence-electron chi connectivity index (χ4n) is 2.13. The average molecular weight is 257 g/mol. The molecular weight excluding hydrogens is 234 g/mol. The molecule has 1 aliphatic rings. The third-order valence-corrected chi connectivity index (χ3v) is 3.21. The summed E-state index contributed by atoms with van der Waals surface area (Å²) in [6.07, 6.45) is 2.73. The number of hydrogen-bond acceptors (Lipinski definition) is 4. The first-order chi connectivity index (χ1) is 8.59. The zero-order valence-corrected chi connectivity index (χ0v) is 10.9. The van der Waals surface area contributed by atoms with Crippen molar-refractivity contribution in [1.82, 2.24) is 15.5 Å². The van der Waals surface area contributed by atoms with Gasteiger partial charge in [-0.1, -0.05) is 0 Å². The van der Waals surface area contributed by atoms with Gasteiger partial charge in [-0.15, -0.1) is 0 Å². The maximum atomic E-state index is 11.6. The summed E-state index contributed by atoms with van der Waals surface area (Å²) in [5.41, 5.74) is 0. The Morgan fingerprint density at radius 2 is 2.06 bits per heavy atom. The number of amides is 1. The summed E-state index contributed by atoms with van der Waals surface area (Å²) in [5, 5.41) is 14.5. The van der Waals surface area contributed by atoms with E-state index in [0.717, 1.165) is 25.9 Å². The van der Waals surface area contributed by atoms with Gasteiger partial charge < -0.3 is 15.7 Å². The average Bonchev–Trinajstić information content (AvgIpc) is 2.35. The number of likely N-dealkylation sites (N-methyl/N-ethyl adjacent to an activating group) is 1. The lowest BCUT2D eigenvalue weighted by Gasteiger charge is -2.31. The van der Waals surface area contributed by atoms with Crippen molar-refractivity contribution in [3.8, 4) is 0 Å². The Morgan fingerprint density at radius 3 is 2.67 bits per heavy atom. The van der Waals surface area contributed by atoms with Crippen molar-refractivity contribution in [1.29, 1.82) is 0 Å². The molecule has 0 aromatic heterocycles. The monoisotopic (exact) mass is 257 g/mol. The topological polar surface area (TPSA) is 81.7 Å². The van der Waals surface area contributed by atoms with Gasteiger partial charge in [0.15, 0.2) is 0 Å². The molecule has 1 amide bonds. The van der Waals surface area contributed by atoms with Crippen LogP contribution in [0.15, 0.2) is 0 Å². The van der Waals surface area contributed by atoms with Crippen LogP contribution in [0.25, 0.3) is 0 Å². The minimum atomic E-state index is -0.823. The summed E-state index contributed by atoms with van der Waals surface area (Å²) in [7, 11) is 1.97. The second-order valence-corrected chi connectivity index (χ2v) is 4.74. The molecule has 0 unspecified atom stereocenters. The molecule has 6 heteroatoms. The first-order valence-electron chi connectivity index (χ1n) is 6.49. The number of nitrogens with one attached hydrogen (secondary N) is 2. The van der Waals surface area contributed by atoms with Crippen LogP contribution in [0, 0.1) is 0 Å². The molecule has 0 spiro atoms. The predicted octanol–water partition coefficient (Wildman–Crippen LogP) is -0.349. The lowest BCUT2D eigenvalue weighted by Crippen LogP contribution is -2.45. The van der Waals surface area contributed by atoms with Crippen LogP contribution >= 0.6 is 0 Å². The highest BCUT2D eigenvalue weighted by Gasteiger charge is 2.19. The Morgan fingerprint density at radius 1 is 1.39 bits per heavy atom. The van der Waals surface area contributed by atoms with Gasteiger partial charge in [-0.25, -0.2) is 0 Å². The number of rotatable bonds is 7. The molecule has 6 nitrogen and oxygen atoms in total. The third-order valence-electron chi connectivity index (χ3n) is 3.21. The van der Waals surface area contributed by atoms with Crippen LogP contribution in [0.4, 0.5) is 0 Å². The molecule has 0 bridgehead atoms. The highest BCUT2D eigenvalue weighted by atomic mass is 16.4. The Balaban J connectivity index is 2.12. The minimum Gasteiger partial charge on any atom is -0.481 e. The van der Waals surface area contributed by atoms with Gasteiger partial charge >= 0.3 is 5.97 Å². The van der Waals surface area contributed by atoms with Gasteiger partial charge in [0.1, 0.15) is 0 Å². The van der Waals surface area contributed by atoms with Crippen LogP contribution in [-0.2, 0) is 9.59 Å². The van der Waals surface area contributed by atoms with Crippen molar-refractivity contribution in [2.75, 3.05) is 33.2 Å². The summed E-state index contributed by atoms with van der Waals surface area (Å²) in [5.74, 6) is -0.850. The van der Waals surface area contributed by atoms with Crippen LogP contribution in [0.2, 0.25) is 0 Å². The van der Waals surface area contributed by atoms with Crippen LogP contribution in [0.3, 0.4) is 0 Å². The van der Waals surface area contributed by atoms with Gasteiger partial charge in [0, 0.05) is 19.0 Å². The fourth-order valence-corrected chi connectivity index (χ4v) is 2.13. The second kappa shape index (κ2) is 8.05. The molecule has 104 valence electrons. The van der Waals surface area contributed by atoms with Crippen LogP contribution in [0.1, 0.15) is 25.7 Å². The molecule has 1 aliphatic heterocycles. The quantitative estimate of drug-likeness (QED) is 0.543. The molecule has 1 saturated heterocycles. The molecule has 3 N–H and O–H groups in total. The zero-order chi connectivity index (χ0) is 13.4. The van der Waals surface area contributed by atoms with Gasteiger partial charge in [-0.3, -0.25) is 14.5 Å². The van der Waals surface area contributed by atoms with Crippen molar-refractivity contribution in [3.63, 3.8) is 0 Å². The molecule has 1 rings (SSSR count). The maximum absolute atomic E-state index is 11.6. The molecule has 0 aliphatic carbocycles. The molecule has 1 heterocycles. The molecule has 0 radical (unpaired) electrons. The van der Waals surface area contributed by atoms with Crippen LogP contribution in [0.5, 0.6) is 0 Å². The van der Waals surface area contributed by atoms with Gasteiger partial charge in [0.25, 0.3) is 0 Å². The first kappa shape index (κ1) is 14.9. The lowest BCUT2D eigenvalue weighted by molar-refractivity contribution is -0.137. The zero-order valence-electron chi connectivity index (χ0n) is 10.9. The Kier molecular flexibility index (Phi) is 6.67. The first-order valence-corrected chi connectivity index (χ1v) is 6.49. The summed E-state index contributed by atoms with van der Waals surface area (Å²) in [6, 6.07) is 0.469. The number of carbonyl (C=O) groups excluding carboxylic acids is 1. The SMILES string of the molecule is CN(CC(=O)NCCCC(=O)O)C1CCNCC1. The molecule has 18 heavy (non-hydrogen) atoms. The van der Waals surface area contributed by atoms with Crippen molar-refractivity contribution >= 4 is 11.9 Å². The van der Waals surface area contributed by atoms with Crippen molar-refractivity contribution in [2.45, 2.75) is 31.7 Å². The van der Waals surface area contributed by atoms with Crippen molar-refractivity contribution < 1.29 is 14.7 Å². The molecule has 0 aromatic carbocycles. The number of aliphatic carboxylic acids is 1. The van der Waals surface area contributed by atoms with E-state index < -0.39 is 5.97 Å². The van der Waals surface area contributed by atoms with Gasteiger partial charge in [-0.05, 0) is 39.4 Å².